The maximum atomic E-state index is 12.7. The van der Waals surface area contributed by atoms with Gasteiger partial charge >= 0.3 is 74.8 Å². The van der Waals surface area contributed by atoms with Crippen molar-refractivity contribution in [2.45, 2.75) is 132 Å². The van der Waals surface area contributed by atoms with Crippen molar-refractivity contribution in [3.05, 3.63) is 46.5 Å². The fourth-order valence-electron chi connectivity index (χ4n) is 4.54. The van der Waals surface area contributed by atoms with Crippen molar-refractivity contribution in [2.75, 3.05) is 0 Å². The molecule has 2 aromatic carbocycles. The van der Waals surface area contributed by atoms with Crippen molar-refractivity contribution >= 4 is 98.3 Å². The van der Waals surface area contributed by atoms with Crippen LogP contribution < -0.4 is 4.52 Å². The summed E-state index contributed by atoms with van der Waals surface area (Å²) in [4.78, 5) is 30.6. The molecule has 14 heteroatoms. The molecular weight excluding hydrogens is 672 g/mol. The molecule has 2 rings (SSSR count). The molecule has 0 saturated carbocycles. The second-order valence-electron chi connectivity index (χ2n) is 15.5. The molecule has 0 radical (unpaired) electrons. The predicted molar refractivity (Wildman–Crippen MR) is 193 cm³/mol. The zero-order valence-electron chi connectivity index (χ0n) is 27.9. The first-order valence-corrected chi connectivity index (χ1v) is 18.7. The Kier molecular flexibility index (Phi) is 15.9. The van der Waals surface area contributed by atoms with E-state index in [1.807, 2.05) is 53.7 Å². The van der Waals surface area contributed by atoms with E-state index < -0.39 is 26.5 Å². The van der Waals surface area contributed by atoms with E-state index in [-0.39, 0.29) is 79.8 Å². The van der Waals surface area contributed by atoms with Crippen LogP contribution in [0.3, 0.4) is 0 Å². The van der Waals surface area contributed by atoms with Gasteiger partial charge in [0, 0.05) is 32.0 Å². The Morgan fingerprint density at radius 2 is 0.867 bits per heavy atom. The predicted octanol–water partition coefficient (Wildman–Crippen LogP) is 8.49. The van der Waals surface area contributed by atoms with Crippen molar-refractivity contribution in [1.82, 2.24) is 0 Å². The molecule has 0 fully saturated rings. The Bertz CT molecular complexity index is 1380. The second kappa shape index (κ2) is 15.5. The molecule has 0 spiro atoms. The van der Waals surface area contributed by atoms with E-state index in [1.54, 1.807) is 23.5 Å². The van der Waals surface area contributed by atoms with Gasteiger partial charge in [-0.2, -0.15) is 4.31 Å². The van der Waals surface area contributed by atoms with Crippen LogP contribution in [-0.2, 0) is 35.1 Å². The van der Waals surface area contributed by atoms with Gasteiger partial charge in [0.05, 0.1) is 4.08 Å². The van der Waals surface area contributed by atoms with Crippen LogP contribution in [-0.4, -0.2) is 83.0 Å². The number of hydrogen-bond donors (Lipinski definition) is 4. The number of benzene rings is 2. The van der Waals surface area contributed by atoms with Crippen LogP contribution in [0.15, 0.2) is 34.1 Å². The number of hydrogen-bond acceptors (Lipinski definition) is 7. The number of thioether (sulfide) groups is 2. The van der Waals surface area contributed by atoms with E-state index in [2.05, 4.69) is 71.8 Å². The first kappa shape index (κ1) is 46.0. The second-order valence-corrected chi connectivity index (χ2v) is 21.9. The van der Waals surface area contributed by atoms with Gasteiger partial charge in [-0.3, -0.25) is 4.89 Å². The fourth-order valence-corrected chi connectivity index (χ4v) is 8.76. The van der Waals surface area contributed by atoms with Crippen LogP contribution in [0.5, 0.6) is 11.5 Å². The van der Waals surface area contributed by atoms with E-state index in [0.29, 0.717) is 16.9 Å². The van der Waals surface area contributed by atoms with Crippen LogP contribution in [0, 0.1) is 0 Å². The first-order valence-electron chi connectivity index (χ1n) is 14.1. The average Bonchev–Trinajstić information content (AvgIpc) is 2.70. The van der Waals surface area contributed by atoms with Gasteiger partial charge in [0.1, 0.15) is 11.5 Å². The zero-order chi connectivity index (χ0) is 33.8. The maximum absolute atomic E-state index is 12.7. The third-order valence-electron chi connectivity index (χ3n) is 6.52. The summed E-state index contributed by atoms with van der Waals surface area (Å²) >= 11 is 3.31. The summed E-state index contributed by atoms with van der Waals surface area (Å²) in [7, 11) is -10.5. The molecule has 2 aromatic rings. The number of phenols is 1. The molecule has 0 heterocycles. The fraction of sp³-hybridized carbons (Fsp3) is 0.613. The topological polar surface area (TPSA) is 134 Å². The Morgan fingerprint density at radius 1 is 0.578 bits per heavy atom. The third-order valence-corrected chi connectivity index (χ3v) is 11.0. The van der Waals surface area contributed by atoms with E-state index in [9.17, 15) is 28.9 Å². The van der Waals surface area contributed by atoms with Crippen molar-refractivity contribution in [1.29, 1.82) is 0 Å². The minimum atomic E-state index is -5.30. The number of aromatic hydroxyl groups is 1. The third kappa shape index (κ3) is 13.7. The van der Waals surface area contributed by atoms with Gasteiger partial charge in [0.2, 0.25) is 0 Å². The Hall–Kier alpha value is 1.04. The van der Waals surface area contributed by atoms with Crippen LogP contribution in [0.2, 0.25) is 0 Å². The standard InChI is InChI=1S/C31H50O8P2S2.2Na.2H/c1-27(2,3)21-15-19(16-22(25(21)32)28(4,5)6)42-31(13,14)43-20-17-23(29(7,8)9)26(24(18-20)30(10,11)12)38-41(36,37)39-40(33,34)35;;;;/h15-18,32H,1-14H3,(H,36,37)(H2,33,34,35);;;;. The molecule has 0 bridgehead atoms. The summed E-state index contributed by atoms with van der Waals surface area (Å²) in [5.74, 6) is 0.399. The number of phenolic OH excluding ortho intramolecular Hbond substituents is 1. The zero-order valence-corrected chi connectivity index (χ0v) is 31.4. The summed E-state index contributed by atoms with van der Waals surface area (Å²) in [6.07, 6.45) is 0. The van der Waals surface area contributed by atoms with Crippen molar-refractivity contribution in [3.63, 3.8) is 0 Å². The van der Waals surface area contributed by atoms with Gasteiger partial charge in [-0.1, -0.05) is 83.1 Å². The molecule has 8 nitrogen and oxygen atoms in total. The number of rotatable bonds is 8. The molecule has 0 aliphatic heterocycles. The summed E-state index contributed by atoms with van der Waals surface area (Å²) < 4.78 is 33.3. The molecule has 0 saturated heterocycles. The van der Waals surface area contributed by atoms with E-state index in [0.717, 1.165) is 20.9 Å². The van der Waals surface area contributed by atoms with Gasteiger partial charge in [-0.05, 0) is 59.8 Å². The van der Waals surface area contributed by atoms with Crippen LogP contribution >= 0.6 is 39.2 Å². The average molecular weight is 725 g/mol. The normalized spacial score (nSPS) is 14.7. The van der Waals surface area contributed by atoms with E-state index >= 15 is 0 Å². The van der Waals surface area contributed by atoms with Gasteiger partial charge in [-0.15, -0.1) is 23.5 Å². The first-order chi connectivity index (χ1) is 18.8. The molecule has 248 valence electrons. The van der Waals surface area contributed by atoms with Gasteiger partial charge in [0.25, 0.3) is 0 Å². The number of phosphoric ester groups is 1. The summed E-state index contributed by atoms with van der Waals surface area (Å²) in [6, 6.07) is 7.92. The van der Waals surface area contributed by atoms with Gasteiger partial charge in [-0.25, -0.2) is 9.13 Å². The molecule has 0 aliphatic rings. The monoisotopic (exact) mass is 724 g/mol. The van der Waals surface area contributed by atoms with Crippen LogP contribution in [0.1, 0.15) is 119 Å². The molecule has 0 aliphatic carbocycles. The number of phosphoric acid groups is 2. The quantitative estimate of drug-likeness (QED) is 0.0909. The molecule has 0 amide bonds. The molecule has 1 atom stereocenters. The van der Waals surface area contributed by atoms with E-state index in [4.69, 9.17) is 4.52 Å². The van der Waals surface area contributed by atoms with Crippen molar-refractivity contribution < 1.29 is 37.8 Å². The molecule has 0 aromatic heterocycles. The molecular formula is C31H52Na2O8P2S2. The molecule has 1 unspecified atom stereocenters. The Labute approximate surface area is 323 Å². The van der Waals surface area contributed by atoms with E-state index in [1.165, 1.54) is 0 Å². The summed E-state index contributed by atoms with van der Waals surface area (Å²) in [5, 5.41) is 11.2. The SMILES string of the molecule is CC(C)(Sc1cc(C(C)(C)C)c(O)c(C(C)(C)C)c1)Sc1cc(C(C)(C)C)c(OP(=O)(O)OP(=O)(O)O)c(C(C)(C)C)c1.[NaH].[NaH]. The Balaban J connectivity index is 0.00000968. The van der Waals surface area contributed by atoms with Crippen LogP contribution in [0.4, 0.5) is 0 Å². The van der Waals surface area contributed by atoms with Crippen molar-refractivity contribution in [2.24, 2.45) is 0 Å². The minimum absolute atomic E-state index is 0. The van der Waals surface area contributed by atoms with Crippen molar-refractivity contribution in [3.8, 4) is 11.5 Å². The summed E-state index contributed by atoms with van der Waals surface area (Å²) in [5.41, 5.74) is 1.33. The van der Waals surface area contributed by atoms with Gasteiger partial charge < -0.3 is 19.4 Å². The van der Waals surface area contributed by atoms with Gasteiger partial charge in [0.15, 0.2) is 0 Å². The molecule has 45 heavy (non-hydrogen) atoms. The Morgan fingerprint density at radius 3 is 1.13 bits per heavy atom. The summed E-state index contributed by atoms with van der Waals surface area (Å²) in [6.45, 7) is 28.4. The molecule has 4 N–H and O–H groups in total. The van der Waals surface area contributed by atoms with Crippen LogP contribution in [0.25, 0.3) is 0 Å².